The molecule has 2 atom stereocenters. The van der Waals surface area contributed by atoms with Crippen molar-refractivity contribution >= 4 is 0 Å². The van der Waals surface area contributed by atoms with Crippen molar-refractivity contribution in [3.63, 3.8) is 0 Å². The monoisotopic (exact) mass is 644 g/mol. The SMILES string of the molecule is CCCCC/C=C\C/C=C\CCCCCCCC1OC(C)(OCCN(C)C)OC1CCCCCCC/C=C\C/C=C\CCCCC. The van der Waals surface area contributed by atoms with Crippen molar-refractivity contribution in [1.82, 2.24) is 4.90 Å². The highest BCUT2D eigenvalue weighted by molar-refractivity contribution is 4.93. The molecule has 0 aromatic carbocycles. The fourth-order valence-corrected chi connectivity index (χ4v) is 6.01. The lowest BCUT2D eigenvalue weighted by atomic mass is 9.99. The van der Waals surface area contributed by atoms with Crippen LogP contribution >= 0.6 is 0 Å². The maximum absolute atomic E-state index is 6.45. The first-order chi connectivity index (χ1) is 22.5. The van der Waals surface area contributed by atoms with Gasteiger partial charge in [-0.1, -0.05) is 140 Å². The normalized spacial score (nSPS) is 20.7. The van der Waals surface area contributed by atoms with Gasteiger partial charge in [0.05, 0.1) is 18.8 Å². The highest BCUT2D eigenvalue weighted by atomic mass is 16.9. The Morgan fingerprint density at radius 3 is 1.28 bits per heavy atom. The number of hydrogen-bond donors (Lipinski definition) is 0. The van der Waals surface area contributed by atoms with Gasteiger partial charge in [0.15, 0.2) is 0 Å². The van der Waals surface area contributed by atoms with Gasteiger partial charge in [-0.25, -0.2) is 0 Å². The van der Waals surface area contributed by atoms with Crippen molar-refractivity contribution in [2.75, 3.05) is 27.2 Å². The Balaban J connectivity index is 2.23. The molecule has 1 fully saturated rings. The zero-order chi connectivity index (χ0) is 33.4. The molecule has 4 heteroatoms. The van der Waals surface area contributed by atoms with E-state index in [4.69, 9.17) is 14.2 Å². The fourth-order valence-electron chi connectivity index (χ4n) is 6.01. The third kappa shape index (κ3) is 25.8. The summed E-state index contributed by atoms with van der Waals surface area (Å²) in [7, 11) is 4.14. The molecule has 0 bridgehead atoms. The lowest BCUT2D eigenvalue weighted by Gasteiger charge is -2.24. The third-order valence-electron chi connectivity index (χ3n) is 8.93. The first-order valence-electron chi connectivity index (χ1n) is 19.7. The van der Waals surface area contributed by atoms with Crippen LogP contribution in [0, 0.1) is 0 Å². The Hall–Kier alpha value is -1.20. The highest BCUT2D eigenvalue weighted by Crippen LogP contribution is 2.35. The Morgan fingerprint density at radius 2 is 0.891 bits per heavy atom. The zero-order valence-electron chi connectivity index (χ0n) is 31.3. The van der Waals surface area contributed by atoms with Gasteiger partial charge in [-0.3, -0.25) is 0 Å². The lowest BCUT2D eigenvalue weighted by molar-refractivity contribution is -0.330. The van der Waals surface area contributed by atoms with E-state index in [1.807, 2.05) is 6.92 Å². The molecule has 0 amide bonds. The van der Waals surface area contributed by atoms with Crippen LogP contribution in [0.4, 0.5) is 0 Å². The predicted octanol–water partition coefficient (Wildman–Crippen LogP) is 12.6. The maximum atomic E-state index is 6.45. The van der Waals surface area contributed by atoms with Crippen molar-refractivity contribution in [2.45, 2.75) is 193 Å². The summed E-state index contributed by atoms with van der Waals surface area (Å²) in [6.45, 7) is 7.99. The Kier molecular flexibility index (Phi) is 28.9. The zero-order valence-corrected chi connectivity index (χ0v) is 31.3. The number of likely N-dealkylation sites (N-methyl/N-ethyl adjacent to an activating group) is 1. The summed E-state index contributed by atoms with van der Waals surface area (Å²) >= 11 is 0. The summed E-state index contributed by atoms with van der Waals surface area (Å²) in [5.74, 6) is -0.903. The maximum Gasteiger partial charge on any atom is 0.280 e. The van der Waals surface area contributed by atoms with Gasteiger partial charge in [0.2, 0.25) is 0 Å². The van der Waals surface area contributed by atoms with E-state index < -0.39 is 5.97 Å². The third-order valence-corrected chi connectivity index (χ3v) is 8.93. The molecule has 0 radical (unpaired) electrons. The van der Waals surface area contributed by atoms with Crippen LogP contribution in [0.5, 0.6) is 0 Å². The number of unbranched alkanes of at least 4 members (excludes halogenated alkanes) is 16. The second-order valence-electron chi connectivity index (χ2n) is 13.9. The topological polar surface area (TPSA) is 30.9 Å². The smallest absolute Gasteiger partial charge is 0.280 e. The summed E-state index contributed by atoms with van der Waals surface area (Å²) in [6.07, 6.45) is 49.0. The van der Waals surface area contributed by atoms with Crippen LogP contribution in [0.15, 0.2) is 48.6 Å². The van der Waals surface area contributed by atoms with Crippen LogP contribution in [0.25, 0.3) is 0 Å². The molecule has 268 valence electrons. The average Bonchev–Trinajstić information content (AvgIpc) is 3.35. The van der Waals surface area contributed by atoms with Gasteiger partial charge >= 0.3 is 0 Å². The molecule has 1 rings (SSSR count). The molecule has 1 heterocycles. The van der Waals surface area contributed by atoms with Gasteiger partial charge in [0, 0.05) is 13.5 Å². The molecule has 0 spiro atoms. The van der Waals surface area contributed by atoms with Crippen LogP contribution in [-0.2, 0) is 14.2 Å². The van der Waals surface area contributed by atoms with Crippen molar-refractivity contribution < 1.29 is 14.2 Å². The van der Waals surface area contributed by atoms with E-state index in [2.05, 4.69) is 81.5 Å². The van der Waals surface area contributed by atoms with E-state index >= 15 is 0 Å². The van der Waals surface area contributed by atoms with Crippen LogP contribution in [0.2, 0.25) is 0 Å². The van der Waals surface area contributed by atoms with E-state index in [1.165, 1.54) is 128 Å². The fraction of sp³-hybridized carbons (Fsp3) is 0.810. The van der Waals surface area contributed by atoms with Gasteiger partial charge in [-0.2, -0.15) is 0 Å². The van der Waals surface area contributed by atoms with Crippen molar-refractivity contribution in [1.29, 1.82) is 0 Å². The molecule has 4 nitrogen and oxygen atoms in total. The van der Waals surface area contributed by atoms with Gasteiger partial charge in [0.1, 0.15) is 0 Å². The van der Waals surface area contributed by atoms with Gasteiger partial charge in [0.25, 0.3) is 5.97 Å². The summed E-state index contributed by atoms with van der Waals surface area (Å²) in [6, 6.07) is 0. The number of rotatable bonds is 32. The van der Waals surface area contributed by atoms with Gasteiger partial charge < -0.3 is 19.1 Å². The number of nitrogens with zero attached hydrogens (tertiary/aromatic N) is 1. The summed E-state index contributed by atoms with van der Waals surface area (Å²) < 4.78 is 19.0. The molecule has 0 aromatic heterocycles. The second-order valence-corrected chi connectivity index (χ2v) is 13.9. The summed E-state index contributed by atoms with van der Waals surface area (Å²) in [5.41, 5.74) is 0. The van der Waals surface area contributed by atoms with Crippen molar-refractivity contribution in [3.05, 3.63) is 48.6 Å². The van der Waals surface area contributed by atoms with Crippen LogP contribution in [0.1, 0.15) is 175 Å². The minimum Gasteiger partial charge on any atom is -0.326 e. The minimum atomic E-state index is -0.903. The van der Waals surface area contributed by atoms with Crippen molar-refractivity contribution in [2.24, 2.45) is 0 Å². The molecular weight excluding hydrogens is 566 g/mol. The Labute approximate surface area is 287 Å². The van der Waals surface area contributed by atoms with E-state index in [1.54, 1.807) is 0 Å². The first kappa shape index (κ1) is 42.8. The van der Waals surface area contributed by atoms with E-state index in [0.717, 1.165) is 32.2 Å². The van der Waals surface area contributed by atoms with Crippen LogP contribution in [0.3, 0.4) is 0 Å². The van der Waals surface area contributed by atoms with Gasteiger partial charge in [-0.15, -0.1) is 0 Å². The number of hydrogen-bond acceptors (Lipinski definition) is 4. The molecule has 0 aliphatic carbocycles. The second kappa shape index (κ2) is 31.1. The first-order valence-corrected chi connectivity index (χ1v) is 19.7. The minimum absolute atomic E-state index is 0.146. The quantitative estimate of drug-likeness (QED) is 0.0539. The number of ether oxygens (including phenoxy) is 3. The average molecular weight is 644 g/mol. The van der Waals surface area contributed by atoms with E-state index in [-0.39, 0.29) is 12.2 Å². The van der Waals surface area contributed by atoms with Crippen molar-refractivity contribution in [3.8, 4) is 0 Å². The predicted molar refractivity (Wildman–Crippen MR) is 201 cm³/mol. The molecule has 0 N–H and O–H groups in total. The van der Waals surface area contributed by atoms with E-state index in [0.29, 0.717) is 6.61 Å². The molecule has 0 aromatic rings. The Bertz CT molecular complexity index is 717. The molecule has 1 aliphatic rings. The summed E-state index contributed by atoms with van der Waals surface area (Å²) in [4.78, 5) is 2.14. The van der Waals surface area contributed by atoms with E-state index in [9.17, 15) is 0 Å². The van der Waals surface area contributed by atoms with Gasteiger partial charge in [-0.05, 0) is 91.1 Å². The molecular formula is C42H77NO3. The molecule has 1 aliphatic heterocycles. The van der Waals surface area contributed by atoms with Crippen LogP contribution in [-0.4, -0.2) is 50.3 Å². The number of allylic oxidation sites excluding steroid dienone is 8. The van der Waals surface area contributed by atoms with Crippen LogP contribution < -0.4 is 0 Å². The molecule has 1 saturated heterocycles. The molecule has 2 unspecified atom stereocenters. The molecule has 46 heavy (non-hydrogen) atoms. The summed E-state index contributed by atoms with van der Waals surface area (Å²) in [5, 5.41) is 0. The Morgan fingerprint density at radius 1 is 0.522 bits per heavy atom. The highest BCUT2D eigenvalue weighted by Gasteiger charge is 2.44. The standard InChI is InChI=1S/C42H77NO3/c1-6-8-10-12-14-16-18-20-22-24-26-28-30-32-34-36-40-41(46-42(3,45-40)44-39-38-43(4)5)37-35-33-31-29-27-25-23-21-19-17-15-13-11-9-7-2/h14-17,20-23,40-41H,6-13,18-19,24-39H2,1-5H3/b16-14-,17-15-,22-20-,23-21-. The molecule has 0 saturated carbocycles. The lowest BCUT2D eigenvalue weighted by Crippen LogP contribution is -2.33. The largest absolute Gasteiger partial charge is 0.326 e.